The smallest absolute Gasteiger partial charge is 0.213 e. The zero-order valence-electron chi connectivity index (χ0n) is 9.61. The topological polar surface area (TPSA) is 46.3 Å². The maximum atomic E-state index is 10.8. The number of carbonyl (C=O) groups is 1. The average molecular weight is 285 g/mol. The van der Waals surface area contributed by atoms with E-state index in [1.165, 1.54) is 0 Å². The summed E-state index contributed by atoms with van der Waals surface area (Å²) < 4.78 is 1.02. The summed E-state index contributed by atoms with van der Waals surface area (Å²) >= 11 is 3.44. The number of aryl methyl sites for hydroxylation is 1. The molecule has 0 radical (unpaired) electrons. The molecule has 1 atom stereocenters. The largest absolute Gasteiger partial charge is 0.328 e. The number of hydrogen-bond donors (Lipinski definition) is 1. The first-order valence-corrected chi connectivity index (χ1v) is 6.06. The lowest BCUT2D eigenvalue weighted by atomic mass is 10.0. The molecule has 0 saturated carbocycles. The van der Waals surface area contributed by atoms with Crippen molar-refractivity contribution in [1.29, 1.82) is 0 Å². The highest BCUT2D eigenvalue weighted by Gasteiger charge is 2.08. The van der Waals surface area contributed by atoms with E-state index in [9.17, 15) is 4.79 Å². The third-order valence-electron chi connectivity index (χ3n) is 2.45. The van der Waals surface area contributed by atoms with E-state index in [-0.39, 0.29) is 6.04 Å². The van der Waals surface area contributed by atoms with Crippen molar-refractivity contribution in [2.45, 2.75) is 25.8 Å². The lowest BCUT2D eigenvalue weighted by molar-refractivity contribution is -0.107. The van der Waals surface area contributed by atoms with Crippen molar-refractivity contribution < 1.29 is 4.79 Å². The minimum atomic E-state index is 0.174. The SMILES string of the molecule is C[C@@H](N)CCc1cc(Br)ccc1N(C)C=O. The minimum Gasteiger partial charge on any atom is -0.328 e. The van der Waals surface area contributed by atoms with Crippen molar-refractivity contribution in [3.8, 4) is 0 Å². The Balaban J connectivity index is 2.93. The predicted molar refractivity (Wildman–Crippen MR) is 70.6 cm³/mol. The number of benzene rings is 1. The van der Waals surface area contributed by atoms with Gasteiger partial charge < -0.3 is 10.6 Å². The Kier molecular flexibility index (Phi) is 4.96. The van der Waals surface area contributed by atoms with Gasteiger partial charge in [0.05, 0.1) is 0 Å². The Labute approximate surface area is 105 Å². The molecular formula is C12H17BrN2O. The van der Waals surface area contributed by atoms with Crippen molar-refractivity contribution in [2.24, 2.45) is 5.73 Å². The van der Waals surface area contributed by atoms with Crippen LogP contribution < -0.4 is 10.6 Å². The Morgan fingerprint density at radius 2 is 2.25 bits per heavy atom. The molecule has 0 saturated heterocycles. The molecule has 0 aromatic heterocycles. The maximum absolute atomic E-state index is 10.8. The second-order valence-corrected chi connectivity index (χ2v) is 4.92. The van der Waals surface area contributed by atoms with Gasteiger partial charge in [-0.05, 0) is 43.5 Å². The molecule has 1 aromatic carbocycles. The van der Waals surface area contributed by atoms with Gasteiger partial charge in [0.1, 0.15) is 0 Å². The molecule has 0 aliphatic heterocycles. The minimum absolute atomic E-state index is 0.174. The molecule has 0 spiro atoms. The highest BCUT2D eigenvalue weighted by molar-refractivity contribution is 9.10. The molecule has 0 fully saturated rings. The van der Waals surface area contributed by atoms with Crippen LogP contribution >= 0.6 is 15.9 Å². The van der Waals surface area contributed by atoms with Crippen molar-refractivity contribution in [2.75, 3.05) is 11.9 Å². The zero-order valence-corrected chi connectivity index (χ0v) is 11.2. The van der Waals surface area contributed by atoms with Gasteiger partial charge in [-0.3, -0.25) is 4.79 Å². The van der Waals surface area contributed by atoms with E-state index < -0.39 is 0 Å². The summed E-state index contributed by atoms with van der Waals surface area (Å²) in [6.07, 6.45) is 2.61. The Bertz CT molecular complexity index is 366. The lowest BCUT2D eigenvalue weighted by Crippen LogP contribution is -2.18. The molecule has 0 bridgehead atoms. The van der Waals surface area contributed by atoms with Crippen LogP contribution in [0.3, 0.4) is 0 Å². The van der Waals surface area contributed by atoms with Crippen LogP contribution in [0.4, 0.5) is 5.69 Å². The first-order valence-electron chi connectivity index (χ1n) is 5.26. The third-order valence-corrected chi connectivity index (χ3v) is 2.94. The molecule has 0 unspecified atom stereocenters. The fourth-order valence-electron chi connectivity index (χ4n) is 1.54. The van der Waals surface area contributed by atoms with E-state index in [0.29, 0.717) is 0 Å². The number of rotatable bonds is 5. The van der Waals surface area contributed by atoms with Crippen molar-refractivity contribution in [1.82, 2.24) is 0 Å². The van der Waals surface area contributed by atoms with Gasteiger partial charge in [0, 0.05) is 23.2 Å². The number of nitrogens with zero attached hydrogens (tertiary/aromatic N) is 1. The summed E-state index contributed by atoms with van der Waals surface area (Å²) in [5, 5.41) is 0. The first-order chi connectivity index (χ1) is 7.54. The zero-order chi connectivity index (χ0) is 12.1. The van der Waals surface area contributed by atoms with Crippen LogP contribution in [-0.2, 0) is 11.2 Å². The predicted octanol–water partition coefficient (Wildman–Crippen LogP) is 2.32. The molecule has 1 amide bonds. The van der Waals surface area contributed by atoms with Crippen LogP contribution in [0.2, 0.25) is 0 Å². The number of halogens is 1. The normalized spacial score (nSPS) is 12.2. The maximum Gasteiger partial charge on any atom is 0.213 e. The van der Waals surface area contributed by atoms with Crippen LogP contribution in [0, 0.1) is 0 Å². The summed E-state index contributed by atoms with van der Waals surface area (Å²) in [5.41, 5.74) is 7.83. The fourth-order valence-corrected chi connectivity index (χ4v) is 1.95. The van der Waals surface area contributed by atoms with Crippen LogP contribution in [0.1, 0.15) is 18.9 Å². The Morgan fingerprint density at radius 1 is 1.56 bits per heavy atom. The van der Waals surface area contributed by atoms with Crippen molar-refractivity contribution >= 4 is 28.0 Å². The molecule has 16 heavy (non-hydrogen) atoms. The molecule has 4 heteroatoms. The van der Waals surface area contributed by atoms with Gasteiger partial charge in [-0.15, -0.1) is 0 Å². The van der Waals surface area contributed by atoms with Gasteiger partial charge in [0.2, 0.25) is 6.41 Å². The average Bonchev–Trinajstić information content (AvgIpc) is 2.25. The Morgan fingerprint density at radius 3 is 2.81 bits per heavy atom. The van der Waals surface area contributed by atoms with Crippen molar-refractivity contribution in [3.05, 3.63) is 28.2 Å². The molecule has 2 N–H and O–H groups in total. The second kappa shape index (κ2) is 6.01. The number of anilines is 1. The van der Waals surface area contributed by atoms with Crippen LogP contribution in [0.25, 0.3) is 0 Å². The van der Waals surface area contributed by atoms with Crippen LogP contribution in [0.5, 0.6) is 0 Å². The van der Waals surface area contributed by atoms with E-state index in [0.717, 1.165) is 35.0 Å². The number of hydrogen-bond acceptors (Lipinski definition) is 2. The molecule has 0 aliphatic carbocycles. The van der Waals surface area contributed by atoms with E-state index in [4.69, 9.17) is 5.73 Å². The highest BCUT2D eigenvalue weighted by atomic mass is 79.9. The second-order valence-electron chi connectivity index (χ2n) is 4.01. The van der Waals surface area contributed by atoms with Crippen molar-refractivity contribution in [3.63, 3.8) is 0 Å². The number of carbonyl (C=O) groups excluding carboxylic acids is 1. The molecule has 88 valence electrons. The summed E-state index contributed by atoms with van der Waals surface area (Å²) in [7, 11) is 1.76. The van der Waals surface area contributed by atoms with E-state index in [2.05, 4.69) is 15.9 Å². The van der Waals surface area contributed by atoms with Gasteiger partial charge in [0.25, 0.3) is 0 Å². The Hall–Kier alpha value is -0.870. The van der Waals surface area contributed by atoms with Crippen LogP contribution in [0.15, 0.2) is 22.7 Å². The molecular weight excluding hydrogens is 268 g/mol. The van der Waals surface area contributed by atoms with E-state index >= 15 is 0 Å². The molecule has 1 aromatic rings. The summed E-state index contributed by atoms with van der Waals surface area (Å²) in [5.74, 6) is 0. The molecule has 3 nitrogen and oxygen atoms in total. The summed E-state index contributed by atoms with van der Waals surface area (Å²) in [4.78, 5) is 12.4. The molecule has 0 heterocycles. The van der Waals surface area contributed by atoms with Crippen LogP contribution in [-0.4, -0.2) is 19.5 Å². The van der Waals surface area contributed by atoms with Gasteiger partial charge in [0.15, 0.2) is 0 Å². The summed E-state index contributed by atoms with van der Waals surface area (Å²) in [6.45, 7) is 1.99. The molecule has 1 rings (SSSR count). The quantitative estimate of drug-likeness (QED) is 0.844. The van der Waals surface area contributed by atoms with Gasteiger partial charge in [-0.2, -0.15) is 0 Å². The first kappa shape index (κ1) is 13.2. The number of nitrogens with two attached hydrogens (primary N) is 1. The molecule has 0 aliphatic rings. The third kappa shape index (κ3) is 3.61. The lowest BCUT2D eigenvalue weighted by Gasteiger charge is -2.17. The number of amides is 1. The van der Waals surface area contributed by atoms with Gasteiger partial charge in [-0.25, -0.2) is 0 Å². The summed E-state index contributed by atoms with van der Waals surface area (Å²) in [6, 6.07) is 6.09. The highest BCUT2D eigenvalue weighted by Crippen LogP contribution is 2.24. The monoisotopic (exact) mass is 284 g/mol. The fraction of sp³-hybridized carbons (Fsp3) is 0.417. The standard InChI is InChI=1S/C12H17BrN2O/c1-9(14)3-4-10-7-11(13)5-6-12(10)15(2)8-16/h5-9H,3-4,14H2,1-2H3/t9-/m1/s1. The van der Waals surface area contributed by atoms with Gasteiger partial charge in [-0.1, -0.05) is 15.9 Å². The van der Waals surface area contributed by atoms with E-state index in [1.807, 2.05) is 25.1 Å². The van der Waals surface area contributed by atoms with E-state index in [1.54, 1.807) is 11.9 Å². The van der Waals surface area contributed by atoms with Gasteiger partial charge >= 0.3 is 0 Å².